The molecule has 0 atom stereocenters. The van der Waals surface area contributed by atoms with E-state index in [-0.39, 0.29) is 5.91 Å². The van der Waals surface area contributed by atoms with Gasteiger partial charge >= 0.3 is 0 Å². The van der Waals surface area contributed by atoms with Crippen molar-refractivity contribution < 1.29 is 9.53 Å². The van der Waals surface area contributed by atoms with Gasteiger partial charge in [0.25, 0.3) is 5.91 Å². The molecule has 4 rings (SSSR count). The van der Waals surface area contributed by atoms with E-state index >= 15 is 0 Å². The first-order chi connectivity index (χ1) is 12.1. The summed E-state index contributed by atoms with van der Waals surface area (Å²) < 4.78 is 5.63. The molecule has 0 bridgehead atoms. The minimum atomic E-state index is -0.0626. The Kier molecular flexibility index (Phi) is 3.96. The minimum Gasteiger partial charge on any atom is -0.492 e. The van der Waals surface area contributed by atoms with Gasteiger partial charge < -0.3 is 15.0 Å². The second kappa shape index (κ2) is 6.28. The van der Waals surface area contributed by atoms with E-state index in [4.69, 9.17) is 4.74 Å². The lowest BCUT2D eigenvalue weighted by Gasteiger charge is -2.09. The van der Waals surface area contributed by atoms with Gasteiger partial charge in [-0.25, -0.2) is 0 Å². The lowest BCUT2D eigenvalue weighted by atomic mass is 10.1. The molecular weight excluding hydrogens is 312 g/mol. The number of hydrogen-bond acceptors (Lipinski definition) is 2. The van der Waals surface area contributed by atoms with Gasteiger partial charge in [-0.3, -0.25) is 4.79 Å². The van der Waals surface area contributed by atoms with Crippen LogP contribution < -0.4 is 10.1 Å². The van der Waals surface area contributed by atoms with Crippen molar-refractivity contribution in [2.24, 2.45) is 0 Å². The number of hydrogen-bond donors (Lipinski definition) is 2. The number of nitrogens with one attached hydrogen (secondary N) is 2. The fourth-order valence-electron chi connectivity index (χ4n) is 3.66. The molecule has 1 aliphatic heterocycles. The normalized spacial score (nSPS) is 12.9. The van der Waals surface area contributed by atoms with E-state index in [0.29, 0.717) is 18.7 Å². The van der Waals surface area contributed by atoms with Gasteiger partial charge in [-0.15, -0.1) is 0 Å². The molecule has 0 aliphatic carbocycles. The first kappa shape index (κ1) is 15.8. The zero-order valence-corrected chi connectivity index (χ0v) is 14.6. The third-order valence-corrected chi connectivity index (χ3v) is 4.98. The summed E-state index contributed by atoms with van der Waals surface area (Å²) >= 11 is 0. The van der Waals surface area contributed by atoms with Crippen molar-refractivity contribution in [2.75, 3.05) is 13.2 Å². The van der Waals surface area contributed by atoms with Crippen LogP contribution in [0.2, 0.25) is 0 Å². The van der Waals surface area contributed by atoms with Crippen molar-refractivity contribution in [1.82, 2.24) is 10.3 Å². The Labute approximate surface area is 147 Å². The number of para-hydroxylation sites is 2. The second-order valence-electron chi connectivity index (χ2n) is 6.62. The average Bonchev–Trinajstić information content (AvgIpc) is 3.20. The summed E-state index contributed by atoms with van der Waals surface area (Å²) in [5.74, 6) is 0.686. The number of rotatable bonds is 4. The van der Waals surface area contributed by atoms with Crippen molar-refractivity contribution >= 4 is 16.8 Å². The molecule has 0 unspecified atom stereocenters. The van der Waals surface area contributed by atoms with Crippen molar-refractivity contribution in [2.45, 2.75) is 26.7 Å². The van der Waals surface area contributed by atoms with Crippen LogP contribution in [0.3, 0.4) is 0 Å². The number of aromatic nitrogens is 1. The lowest BCUT2D eigenvalue weighted by molar-refractivity contribution is 0.0951. The van der Waals surface area contributed by atoms with Gasteiger partial charge in [0, 0.05) is 29.6 Å². The summed E-state index contributed by atoms with van der Waals surface area (Å²) in [5.41, 5.74) is 6.64. The molecule has 4 heteroatoms. The van der Waals surface area contributed by atoms with Gasteiger partial charge in [-0.05, 0) is 43.0 Å². The number of benzene rings is 2. The van der Waals surface area contributed by atoms with Crippen LogP contribution in [0.15, 0.2) is 36.4 Å². The second-order valence-corrected chi connectivity index (χ2v) is 6.62. The topological polar surface area (TPSA) is 54.1 Å². The molecule has 1 aromatic heterocycles. The fraction of sp³-hybridized carbons (Fsp3) is 0.286. The molecule has 0 spiro atoms. The molecule has 0 saturated heterocycles. The maximum absolute atomic E-state index is 12.5. The monoisotopic (exact) mass is 334 g/mol. The molecule has 2 heterocycles. The smallest absolute Gasteiger partial charge is 0.255 e. The Balaban J connectivity index is 1.48. The number of ether oxygens (including phenoxy) is 1. The van der Waals surface area contributed by atoms with E-state index in [1.165, 1.54) is 27.7 Å². The Morgan fingerprint density at radius 3 is 2.92 bits per heavy atom. The zero-order valence-electron chi connectivity index (χ0n) is 14.6. The maximum atomic E-state index is 12.5. The summed E-state index contributed by atoms with van der Waals surface area (Å²) in [6, 6.07) is 12.1. The molecule has 3 aromatic rings. The zero-order chi connectivity index (χ0) is 17.4. The van der Waals surface area contributed by atoms with Gasteiger partial charge in [0.2, 0.25) is 0 Å². The number of aromatic amines is 1. The molecule has 0 fully saturated rings. The van der Waals surface area contributed by atoms with Gasteiger partial charge in [-0.2, -0.15) is 0 Å². The summed E-state index contributed by atoms with van der Waals surface area (Å²) in [5, 5.41) is 4.29. The number of aryl methyl sites for hydroxylation is 2. The molecule has 128 valence electrons. The molecule has 1 aliphatic rings. The van der Waals surface area contributed by atoms with Crippen LogP contribution in [0, 0.1) is 13.8 Å². The fourth-order valence-corrected chi connectivity index (χ4v) is 3.66. The highest BCUT2D eigenvalue weighted by atomic mass is 16.5. The summed E-state index contributed by atoms with van der Waals surface area (Å²) in [6.45, 7) is 5.46. The van der Waals surface area contributed by atoms with Crippen molar-refractivity contribution in [3.8, 4) is 5.75 Å². The largest absolute Gasteiger partial charge is 0.492 e. The van der Waals surface area contributed by atoms with Crippen molar-refractivity contribution in [3.05, 3.63) is 64.3 Å². The van der Waals surface area contributed by atoms with E-state index in [0.717, 1.165) is 24.2 Å². The van der Waals surface area contributed by atoms with E-state index in [9.17, 15) is 4.79 Å². The Morgan fingerprint density at radius 1 is 1.20 bits per heavy atom. The van der Waals surface area contributed by atoms with Gasteiger partial charge in [0.1, 0.15) is 5.75 Å². The van der Waals surface area contributed by atoms with Gasteiger partial charge in [-0.1, -0.05) is 30.3 Å². The minimum absolute atomic E-state index is 0.0626. The predicted octanol–water partition coefficient (Wildman–Crippen LogP) is 3.69. The number of fused-ring (bicyclic) bond motifs is 2. The first-order valence-electron chi connectivity index (χ1n) is 8.75. The van der Waals surface area contributed by atoms with E-state index in [2.05, 4.69) is 42.3 Å². The average molecular weight is 334 g/mol. The molecule has 2 aromatic carbocycles. The van der Waals surface area contributed by atoms with Crippen molar-refractivity contribution in [3.63, 3.8) is 0 Å². The van der Waals surface area contributed by atoms with Gasteiger partial charge in [0.15, 0.2) is 0 Å². The molecule has 0 saturated carbocycles. The lowest BCUT2D eigenvalue weighted by Crippen LogP contribution is -2.26. The van der Waals surface area contributed by atoms with Crippen molar-refractivity contribution in [1.29, 1.82) is 0 Å². The molecule has 0 radical (unpaired) electrons. The number of carbonyl (C=O) groups is 1. The quantitative estimate of drug-likeness (QED) is 0.764. The van der Waals surface area contributed by atoms with E-state index in [1.807, 2.05) is 18.2 Å². The molecule has 2 N–H and O–H groups in total. The SMILES string of the molecule is Cc1[nH]c2c(C)cccc2c1CCNC(=O)c1cccc2c1OCC2. The Hall–Kier alpha value is -2.75. The van der Waals surface area contributed by atoms with Crippen LogP contribution in [0.25, 0.3) is 10.9 Å². The number of carbonyl (C=O) groups excluding carboxylic acids is 1. The van der Waals surface area contributed by atoms with E-state index in [1.54, 1.807) is 0 Å². The number of H-pyrrole nitrogens is 1. The Morgan fingerprint density at radius 2 is 2.04 bits per heavy atom. The van der Waals surface area contributed by atoms with Crippen LogP contribution in [-0.4, -0.2) is 24.0 Å². The third kappa shape index (κ3) is 2.78. The standard InChI is InChI=1S/C21H22N2O2/c1-13-5-3-7-17-16(14(2)23-19(13)17)9-11-22-21(24)18-8-4-6-15-10-12-25-20(15)18/h3-8,23H,9-12H2,1-2H3,(H,22,24). The highest BCUT2D eigenvalue weighted by Crippen LogP contribution is 2.29. The van der Waals surface area contributed by atoms with Gasteiger partial charge in [0.05, 0.1) is 12.2 Å². The summed E-state index contributed by atoms with van der Waals surface area (Å²) in [4.78, 5) is 16.0. The van der Waals surface area contributed by atoms with Crippen LogP contribution in [0.5, 0.6) is 5.75 Å². The summed E-state index contributed by atoms with van der Waals surface area (Å²) in [7, 11) is 0. The maximum Gasteiger partial charge on any atom is 0.255 e. The van der Waals surface area contributed by atoms with Crippen LogP contribution in [0.4, 0.5) is 0 Å². The van der Waals surface area contributed by atoms with Crippen LogP contribution in [0.1, 0.15) is 32.7 Å². The molecular formula is C21H22N2O2. The highest BCUT2D eigenvalue weighted by molar-refractivity contribution is 5.97. The predicted molar refractivity (Wildman–Crippen MR) is 99.5 cm³/mol. The van der Waals surface area contributed by atoms with Crippen LogP contribution in [-0.2, 0) is 12.8 Å². The molecule has 25 heavy (non-hydrogen) atoms. The van der Waals surface area contributed by atoms with E-state index < -0.39 is 0 Å². The molecule has 1 amide bonds. The summed E-state index contributed by atoms with van der Waals surface area (Å²) in [6.07, 6.45) is 1.68. The first-order valence-corrected chi connectivity index (χ1v) is 8.75. The highest BCUT2D eigenvalue weighted by Gasteiger charge is 2.20. The number of amides is 1. The van der Waals surface area contributed by atoms with Crippen LogP contribution >= 0.6 is 0 Å². The molecule has 4 nitrogen and oxygen atoms in total. The Bertz CT molecular complexity index is 956. The third-order valence-electron chi connectivity index (χ3n) is 4.98.